The van der Waals surface area contributed by atoms with Gasteiger partial charge < -0.3 is 5.32 Å². The summed E-state index contributed by atoms with van der Waals surface area (Å²) >= 11 is 0. The average molecular weight is 346 g/mol. The van der Waals surface area contributed by atoms with Crippen LogP contribution < -0.4 is 10.2 Å². The minimum absolute atomic E-state index is 0.00902. The highest BCUT2D eigenvalue weighted by molar-refractivity contribution is 6.15. The van der Waals surface area contributed by atoms with Crippen molar-refractivity contribution in [2.45, 2.75) is 13.8 Å². The quantitative estimate of drug-likeness (QED) is 0.775. The summed E-state index contributed by atoms with van der Waals surface area (Å²) in [4.78, 5) is 26.6. The summed E-state index contributed by atoms with van der Waals surface area (Å²) in [6, 6.07) is 15.2. The Morgan fingerprint density at radius 1 is 1.12 bits per heavy atom. The van der Waals surface area contributed by atoms with Crippen LogP contribution in [-0.2, 0) is 4.79 Å². The first-order valence-electron chi connectivity index (χ1n) is 8.37. The number of benzene rings is 2. The summed E-state index contributed by atoms with van der Waals surface area (Å²) in [7, 11) is 0. The van der Waals surface area contributed by atoms with E-state index in [1.54, 1.807) is 16.9 Å². The first-order chi connectivity index (χ1) is 12.5. The number of nitrogens with one attached hydrogen (secondary N) is 1. The van der Waals surface area contributed by atoms with Gasteiger partial charge >= 0.3 is 0 Å². The summed E-state index contributed by atoms with van der Waals surface area (Å²) in [5, 5.41) is 7.18. The van der Waals surface area contributed by atoms with Crippen LogP contribution in [0.15, 0.2) is 54.7 Å². The largest absolute Gasteiger partial charge is 0.323 e. The number of anilines is 2. The van der Waals surface area contributed by atoms with Gasteiger partial charge in [-0.1, -0.05) is 24.3 Å². The van der Waals surface area contributed by atoms with Crippen LogP contribution in [0, 0.1) is 13.8 Å². The Morgan fingerprint density at radius 3 is 2.73 bits per heavy atom. The molecule has 0 fully saturated rings. The van der Waals surface area contributed by atoms with Crippen molar-refractivity contribution in [3.8, 4) is 5.69 Å². The lowest BCUT2D eigenvalue weighted by Crippen LogP contribution is -2.42. The second-order valence-electron chi connectivity index (χ2n) is 6.35. The Labute approximate surface area is 151 Å². The monoisotopic (exact) mass is 346 g/mol. The lowest BCUT2D eigenvalue weighted by atomic mass is 10.1. The van der Waals surface area contributed by atoms with Gasteiger partial charge in [0.25, 0.3) is 5.91 Å². The molecule has 2 heterocycles. The minimum atomic E-state index is -0.233. The molecule has 0 spiro atoms. The standard InChI is InChI=1S/C20H18N4O2/c1-13-6-5-7-15(10-13)24-14(2)16(11-21-24)20(26)23-12-19(25)22-17-8-3-4-9-18(17)23/h3-11H,12H2,1-2H3,(H,22,25). The van der Waals surface area contributed by atoms with Crippen molar-refractivity contribution in [2.24, 2.45) is 0 Å². The van der Waals surface area contributed by atoms with Crippen molar-refractivity contribution in [1.29, 1.82) is 0 Å². The maximum absolute atomic E-state index is 13.1. The molecule has 3 aromatic rings. The molecule has 2 aromatic carbocycles. The molecule has 2 amide bonds. The van der Waals surface area contributed by atoms with Crippen LogP contribution in [-0.4, -0.2) is 28.1 Å². The summed E-state index contributed by atoms with van der Waals surface area (Å²) in [6.45, 7) is 3.86. The van der Waals surface area contributed by atoms with Crippen molar-refractivity contribution in [3.63, 3.8) is 0 Å². The van der Waals surface area contributed by atoms with Crippen LogP contribution in [0.4, 0.5) is 11.4 Å². The summed E-state index contributed by atoms with van der Waals surface area (Å²) in [5.74, 6) is -0.440. The molecule has 0 saturated carbocycles. The Balaban J connectivity index is 1.73. The van der Waals surface area contributed by atoms with Gasteiger partial charge in [-0.15, -0.1) is 0 Å². The van der Waals surface area contributed by atoms with Gasteiger partial charge in [-0.05, 0) is 43.7 Å². The van der Waals surface area contributed by atoms with Gasteiger partial charge in [-0.3, -0.25) is 14.5 Å². The molecule has 130 valence electrons. The highest BCUT2D eigenvalue weighted by Gasteiger charge is 2.29. The number of hydrogen-bond acceptors (Lipinski definition) is 3. The predicted molar refractivity (Wildman–Crippen MR) is 99.8 cm³/mol. The fourth-order valence-electron chi connectivity index (χ4n) is 3.20. The molecular weight excluding hydrogens is 328 g/mol. The number of nitrogens with zero attached hydrogens (tertiary/aromatic N) is 3. The van der Waals surface area contributed by atoms with Crippen LogP contribution in [0.3, 0.4) is 0 Å². The second kappa shape index (κ2) is 6.15. The molecule has 26 heavy (non-hydrogen) atoms. The predicted octanol–water partition coefficient (Wildman–Crippen LogP) is 3.09. The zero-order chi connectivity index (χ0) is 18.3. The number of hydrogen-bond donors (Lipinski definition) is 1. The lowest BCUT2D eigenvalue weighted by Gasteiger charge is -2.29. The highest BCUT2D eigenvalue weighted by Crippen LogP contribution is 2.30. The minimum Gasteiger partial charge on any atom is -0.323 e. The number of carbonyl (C=O) groups is 2. The zero-order valence-electron chi connectivity index (χ0n) is 14.6. The van der Waals surface area contributed by atoms with Crippen molar-refractivity contribution in [3.05, 3.63) is 71.5 Å². The van der Waals surface area contributed by atoms with Gasteiger partial charge in [0, 0.05) is 0 Å². The Bertz CT molecular complexity index is 1020. The first kappa shape index (κ1) is 16.1. The lowest BCUT2D eigenvalue weighted by molar-refractivity contribution is -0.115. The summed E-state index contributed by atoms with van der Waals surface area (Å²) < 4.78 is 1.75. The topological polar surface area (TPSA) is 67.2 Å². The molecule has 1 aliphatic heterocycles. The van der Waals surface area contributed by atoms with E-state index < -0.39 is 0 Å². The zero-order valence-corrected chi connectivity index (χ0v) is 14.6. The normalized spacial score (nSPS) is 13.3. The second-order valence-corrected chi connectivity index (χ2v) is 6.35. The van der Waals surface area contributed by atoms with Crippen LogP contribution in [0.1, 0.15) is 21.6 Å². The number of aryl methyl sites for hydroxylation is 1. The van der Waals surface area contributed by atoms with Crippen LogP contribution in [0.25, 0.3) is 5.69 Å². The van der Waals surface area contributed by atoms with Crippen molar-refractivity contribution in [1.82, 2.24) is 9.78 Å². The molecule has 4 rings (SSSR count). The van der Waals surface area contributed by atoms with E-state index >= 15 is 0 Å². The molecule has 1 aliphatic rings. The van der Waals surface area contributed by atoms with E-state index in [4.69, 9.17) is 0 Å². The van der Waals surface area contributed by atoms with Gasteiger partial charge in [-0.25, -0.2) is 4.68 Å². The first-order valence-corrected chi connectivity index (χ1v) is 8.37. The van der Waals surface area contributed by atoms with E-state index in [2.05, 4.69) is 10.4 Å². The molecular formula is C20H18N4O2. The SMILES string of the molecule is Cc1cccc(-n2ncc(C(=O)N3CC(=O)Nc4ccccc43)c2C)c1. The van der Waals surface area contributed by atoms with E-state index in [0.29, 0.717) is 16.9 Å². The molecule has 0 aliphatic carbocycles. The molecule has 1 N–H and O–H groups in total. The van der Waals surface area contributed by atoms with Gasteiger partial charge in [0.05, 0.1) is 34.5 Å². The third-order valence-electron chi connectivity index (χ3n) is 4.50. The van der Waals surface area contributed by atoms with Crippen molar-refractivity contribution >= 4 is 23.2 Å². The van der Waals surface area contributed by atoms with E-state index in [1.807, 2.05) is 56.3 Å². The van der Waals surface area contributed by atoms with Gasteiger partial charge in [0.15, 0.2) is 0 Å². The van der Waals surface area contributed by atoms with Gasteiger partial charge in [-0.2, -0.15) is 5.10 Å². The summed E-state index contributed by atoms with van der Waals surface area (Å²) in [6.07, 6.45) is 1.56. The smallest absolute Gasteiger partial charge is 0.262 e. The van der Waals surface area contributed by atoms with Crippen molar-refractivity contribution in [2.75, 3.05) is 16.8 Å². The number of rotatable bonds is 2. The highest BCUT2D eigenvalue weighted by atomic mass is 16.2. The Morgan fingerprint density at radius 2 is 1.92 bits per heavy atom. The molecule has 6 heteroatoms. The van der Waals surface area contributed by atoms with Crippen LogP contribution in [0.5, 0.6) is 0 Å². The van der Waals surface area contributed by atoms with E-state index in [1.165, 1.54) is 4.90 Å². The number of carbonyl (C=O) groups excluding carboxylic acids is 2. The van der Waals surface area contributed by atoms with Gasteiger partial charge in [0.2, 0.25) is 5.91 Å². The van der Waals surface area contributed by atoms with E-state index in [9.17, 15) is 9.59 Å². The Hall–Kier alpha value is -3.41. The molecule has 0 bridgehead atoms. The molecule has 1 aromatic heterocycles. The van der Waals surface area contributed by atoms with Gasteiger partial charge in [0.1, 0.15) is 6.54 Å². The van der Waals surface area contributed by atoms with E-state index in [-0.39, 0.29) is 18.4 Å². The van der Waals surface area contributed by atoms with Crippen LogP contribution >= 0.6 is 0 Å². The number of fused-ring (bicyclic) bond motifs is 1. The van der Waals surface area contributed by atoms with Crippen molar-refractivity contribution < 1.29 is 9.59 Å². The number of amides is 2. The average Bonchev–Trinajstić information content (AvgIpc) is 3.02. The molecule has 0 radical (unpaired) electrons. The number of aromatic nitrogens is 2. The van der Waals surface area contributed by atoms with Crippen LogP contribution in [0.2, 0.25) is 0 Å². The maximum atomic E-state index is 13.1. The number of para-hydroxylation sites is 2. The molecule has 0 saturated heterocycles. The molecule has 0 unspecified atom stereocenters. The van der Waals surface area contributed by atoms with E-state index in [0.717, 1.165) is 16.9 Å². The summed E-state index contributed by atoms with van der Waals surface area (Å²) in [5.41, 5.74) is 4.57. The Kier molecular flexibility index (Phi) is 3.80. The maximum Gasteiger partial charge on any atom is 0.262 e. The fourth-order valence-corrected chi connectivity index (χ4v) is 3.20. The molecule has 0 atom stereocenters. The third kappa shape index (κ3) is 2.65. The fraction of sp³-hybridized carbons (Fsp3) is 0.150. The third-order valence-corrected chi connectivity index (χ3v) is 4.50. The molecule has 6 nitrogen and oxygen atoms in total.